The normalized spacial score (nSPS) is 12.9. The van der Waals surface area contributed by atoms with Gasteiger partial charge < -0.3 is 14.4 Å². The quantitative estimate of drug-likeness (QED) is 0.757. The van der Waals surface area contributed by atoms with Crippen molar-refractivity contribution in [3.8, 4) is 0 Å². The monoisotopic (exact) mass is 213 g/mol. The van der Waals surface area contributed by atoms with Gasteiger partial charge in [0.25, 0.3) is 0 Å². The molecule has 0 saturated carbocycles. The standard InChI is InChI=1S/C10H15NO4/c1-6(2)9(10(13)14-3)8-4-7(5-12)11-15-8/h4,6,9,12H,5H2,1-3H3. The Hall–Kier alpha value is -1.36. The Labute approximate surface area is 88.0 Å². The Morgan fingerprint density at radius 3 is 2.73 bits per heavy atom. The molecule has 1 unspecified atom stereocenters. The van der Waals surface area contributed by atoms with E-state index in [1.165, 1.54) is 7.11 Å². The number of ether oxygens (including phenoxy) is 1. The summed E-state index contributed by atoms with van der Waals surface area (Å²) in [6, 6.07) is 1.57. The number of nitrogens with zero attached hydrogens (tertiary/aromatic N) is 1. The van der Waals surface area contributed by atoms with Crippen LogP contribution in [-0.2, 0) is 16.1 Å². The minimum Gasteiger partial charge on any atom is -0.468 e. The molecule has 0 aliphatic heterocycles. The van der Waals surface area contributed by atoms with E-state index in [1.54, 1.807) is 6.07 Å². The number of methoxy groups -OCH3 is 1. The SMILES string of the molecule is COC(=O)C(c1cc(CO)no1)C(C)C. The Morgan fingerprint density at radius 1 is 1.67 bits per heavy atom. The van der Waals surface area contributed by atoms with Gasteiger partial charge in [0.05, 0.1) is 13.7 Å². The van der Waals surface area contributed by atoms with Gasteiger partial charge in [-0.25, -0.2) is 0 Å². The Kier molecular flexibility index (Phi) is 3.85. The highest BCUT2D eigenvalue weighted by Gasteiger charge is 2.28. The molecule has 0 aromatic carbocycles. The average Bonchev–Trinajstić information content (AvgIpc) is 2.65. The van der Waals surface area contributed by atoms with Gasteiger partial charge in [-0.3, -0.25) is 4.79 Å². The second-order valence-electron chi connectivity index (χ2n) is 3.62. The molecular weight excluding hydrogens is 198 g/mol. The first-order valence-electron chi connectivity index (χ1n) is 4.74. The van der Waals surface area contributed by atoms with Gasteiger partial charge in [-0.2, -0.15) is 0 Å². The fraction of sp³-hybridized carbons (Fsp3) is 0.600. The van der Waals surface area contributed by atoms with Crippen molar-refractivity contribution in [3.05, 3.63) is 17.5 Å². The van der Waals surface area contributed by atoms with Crippen LogP contribution in [0.4, 0.5) is 0 Å². The fourth-order valence-corrected chi connectivity index (χ4v) is 1.39. The van der Waals surface area contributed by atoms with E-state index in [1.807, 2.05) is 13.8 Å². The van der Waals surface area contributed by atoms with Crippen LogP contribution in [0.15, 0.2) is 10.6 Å². The van der Waals surface area contributed by atoms with Gasteiger partial charge in [0.15, 0.2) is 5.76 Å². The molecule has 0 radical (unpaired) electrons. The first kappa shape index (κ1) is 11.7. The van der Waals surface area contributed by atoms with Crippen LogP contribution in [0.3, 0.4) is 0 Å². The summed E-state index contributed by atoms with van der Waals surface area (Å²) < 4.78 is 9.67. The van der Waals surface area contributed by atoms with Crippen molar-refractivity contribution in [2.45, 2.75) is 26.4 Å². The first-order valence-corrected chi connectivity index (χ1v) is 4.74. The lowest BCUT2D eigenvalue weighted by molar-refractivity contribution is -0.144. The number of rotatable bonds is 4. The van der Waals surface area contributed by atoms with Crippen LogP contribution in [0.2, 0.25) is 0 Å². The lowest BCUT2D eigenvalue weighted by Gasteiger charge is -2.14. The molecule has 5 nitrogen and oxygen atoms in total. The second-order valence-corrected chi connectivity index (χ2v) is 3.62. The van der Waals surface area contributed by atoms with E-state index in [9.17, 15) is 4.79 Å². The molecule has 1 N–H and O–H groups in total. The predicted octanol–water partition coefficient (Wildman–Crippen LogP) is 1.08. The van der Waals surface area contributed by atoms with Crippen LogP contribution >= 0.6 is 0 Å². The Bertz CT molecular complexity index is 332. The maximum absolute atomic E-state index is 11.5. The molecule has 84 valence electrons. The van der Waals surface area contributed by atoms with E-state index in [-0.39, 0.29) is 18.5 Å². The highest BCUT2D eigenvalue weighted by atomic mass is 16.5. The van der Waals surface area contributed by atoms with Crippen molar-refractivity contribution in [1.82, 2.24) is 5.16 Å². The van der Waals surface area contributed by atoms with Crippen LogP contribution in [0.25, 0.3) is 0 Å². The third kappa shape index (κ3) is 2.56. The van der Waals surface area contributed by atoms with Gasteiger partial charge in [-0.05, 0) is 5.92 Å². The summed E-state index contributed by atoms with van der Waals surface area (Å²) in [4.78, 5) is 11.5. The van der Waals surface area contributed by atoms with E-state index in [4.69, 9.17) is 9.63 Å². The third-order valence-corrected chi connectivity index (χ3v) is 2.17. The number of aliphatic hydroxyl groups is 1. The van der Waals surface area contributed by atoms with Gasteiger partial charge in [0.2, 0.25) is 0 Å². The van der Waals surface area contributed by atoms with Crippen molar-refractivity contribution in [2.24, 2.45) is 5.92 Å². The molecule has 0 saturated heterocycles. The molecule has 5 heteroatoms. The number of hydrogen-bond acceptors (Lipinski definition) is 5. The summed E-state index contributed by atoms with van der Waals surface area (Å²) in [5, 5.41) is 12.5. The zero-order valence-electron chi connectivity index (χ0n) is 9.06. The van der Waals surface area contributed by atoms with Gasteiger partial charge in [-0.15, -0.1) is 0 Å². The second kappa shape index (κ2) is 4.93. The van der Waals surface area contributed by atoms with Crippen LogP contribution in [0.1, 0.15) is 31.2 Å². The molecule has 1 heterocycles. The van der Waals surface area contributed by atoms with Crippen molar-refractivity contribution in [3.63, 3.8) is 0 Å². The van der Waals surface area contributed by atoms with Gasteiger partial charge in [0, 0.05) is 6.07 Å². The molecule has 0 aliphatic carbocycles. The van der Waals surface area contributed by atoms with Crippen molar-refractivity contribution in [2.75, 3.05) is 7.11 Å². The summed E-state index contributed by atoms with van der Waals surface area (Å²) in [6.07, 6.45) is 0. The van der Waals surface area contributed by atoms with Gasteiger partial charge in [0.1, 0.15) is 11.6 Å². The number of aliphatic hydroxyl groups excluding tert-OH is 1. The smallest absolute Gasteiger partial charge is 0.316 e. The van der Waals surface area contributed by atoms with Crippen molar-refractivity contribution < 1.29 is 19.2 Å². The van der Waals surface area contributed by atoms with E-state index < -0.39 is 5.92 Å². The molecule has 1 aromatic rings. The molecule has 0 fully saturated rings. The molecule has 0 bridgehead atoms. The number of aromatic nitrogens is 1. The number of esters is 1. The molecule has 1 rings (SSSR count). The topological polar surface area (TPSA) is 72.6 Å². The van der Waals surface area contributed by atoms with E-state index in [2.05, 4.69) is 9.89 Å². The summed E-state index contributed by atoms with van der Waals surface area (Å²) in [6.45, 7) is 3.58. The maximum Gasteiger partial charge on any atom is 0.316 e. The minimum absolute atomic E-state index is 0.0527. The van der Waals surface area contributed by atoms with Gasteiger partial charge >= 0.3 is 5.97 Å². The zero-order valence-corrected chi connectivity index (χ0v) is 9.06. The molecule has 0 aliphatic rings. The van der Waals surface area contributed by atoms with Crippen LogP contribution in [-0.4, -0.2) is 23.3 Å². The van der Waals surface area contributed by atoms with Gasteiger partial charge in [-0.1, -0.05) is 19.0 Å². The molecule has 0 amide bonds. The number of hydrogen-bond donors (Lipinski definition) is 1. The fourth-order valence-electron chi connectivity index (χ4n) is 1.39. The van der Waals surface area contributed by atoms with Crippen molar-refractivity contribution in [1.29, 1.82) is 0 Å². The molecular formula is C10H15NO4. The van der Waals surface area contributed by atoms with E-state index in [0.717, 1.165) is 0 Å². The molecule has 15 heavy (non-hydrogen) atoms. The van der Waals surface area contributed by atoms with E-state index >= 15 is 0 Å². The van der Waals surface area contributed by atoms with Crippen LogP contribution in [0, 0.1) is 5.92 Å². The zero-order chi connectivity index (χ0) is 11.4. The lowest BCUT2D eigenvalue weighted by atomic mass is 9.93. The third-order valence-electron chi connectivity index (χ3n) is 2.17. The molecule has 0 spiro atoms. The highest BCUT2D eigenvalue weighted by Crippen LogP contribution is 2.26. The summed E-state index contributed by atoms with van der Waals surface area (Å²) >= 11 is 0. The molecule has 1 atom stereocenters. The van der Waals surface area contributed by atoms with E-state index in [0.29, 0.717) is 11.5 Å². The largest absolute Gasteiger partial charge is 0.468 e. The molecule has 1 aromatic heterocycles. The predicted molar refractivity (Wildman–Crippen MR) is 52.0 cm³/mol. The Balaban J connectivity index is 2.93. The number of carbonyl (C=O) groups excluding carboxylic acids is 1. The summed E-state index contributed by atoms with van der Waals surface area (Å²) in [7, 11) is 1.33. The van der Waals surface area contributed by atoms with Crippen LogP contribution in [0.5, 0.6) is 0 Å². The summed E-state index contributed by atoms with van der Waals surface area (Å²) in [5.74, 6) is -0.341. The number of carbonyl (C=O) groups is 1. The summed E-state index contributed by atoms with van der Waals surface area (Å²) in [5.41, 5.74) is 0.416. The minimum atomic E-state index is -0.470. The maximum atomic E-state index is 11.5. The lowest BCUT2D eigenvalue weighted by Crippen LogP contribution is -2.19. The average molecular weight is 213 g/mol. The van der Waals surface area contributed by atoms with Crippen molar-refractivity contribution >= 4 is 5.97 Å². The Morgan fingerprint density at radius 2 is 2.33 bits per heavy atom. The highest BCUT2D eigenvalue weighted by molar-refractivity contribution is 5.77. The first-order chi connectivity index (χ1) is 7.10. The van der Waals surface area contributed by atoms with Crippen LogP contribution < -0.4 is 0 Å².